The van der Waals surface area contributed by atoms with E-state index in [9.17, 15) is 4.79 Å². The Morgan fingerprint density at radius 3 is 2.55 bits per heavy atom. The third-order valence-corrected chi connectivity index (χ3v) is 6.58. The quantitative estimate of drug-likeness (QED) is 0.385. The van der Waals surface area contributed by atoms with E-state index in [4.69, 9.17) is 19.0 Å². The zero-order chi connectivity index (χ0) is 25.9. The van der Waals surface area contributed by atoms with Gasteiger partial charge in [-0.15, -0.1) is 0 Å². The summed E-state index contributed by atoms with van der Waals surface area (Å²) in [4.78, 5) is 24.0. The molecular weight excluding hydrogens is 482 g/mol. The van der Waals surface area contributed by atoms with Gasteiger partial charge in [-0.05, 0) is 72.6 Å². The second-order valence-corrected chi connectivity index (χ2v) is 9.23. The minimum atomic E-state index is -0.148. The van der Waals surface area contributed by atoms with Gasteiger partial charge in [0, 0.05) is 36.4 Å². The molecule has 1 saturated heterocycles. The van der Waals surface area contributed by atoms with E-state index < -0.39 is 0 Å². The van der Waals surface area contributed by atoms with Gasteiger partial charge in [0.1, 0.15) is 5.75 Å². The molecule has 0 spiro atoms. The normalized spacial score (nSPS) is 14.7. The SMILES string of the molecule is Cc1noc(COc2ccc3c(c2)CC(c2ccc(C(=O)Nc4ccc(N5CCOCC5)cc4)cc2)=N3)n1. The largest absolute Gasteiger partial charge is 0.484 e. The molecule has 6 rings (SSSR count). The number of hydrogen-bond acceptors (Lipinski definition) is 8. The second-order valence-electron chi connectivity index (χ2n) is 9.23. The van der Waals surface area contributed by atoms with Gasteiger partial charge in [0.05, 0.1) is 24.6 Å². The molecule has 2 aliphatic rings. The summed E-state index contributed by atoms with van der Waals surface area (Å²) in [5, 5.41) is 6.75. The van der Waals surface area contributed by atoms with Crippen molar-refractivity contribution in [3.63, 3.8) is 0 Å². The van der Waals surface area contributed by atoms with Crippen molar-refractivity contribution >= 4 is 28.7 Å². The van der Waals surface area contributed by atoms with Gasteiger partial charge in [-0.3, -0.25) is 9.79 Å². The molecule has 1 amide bonds. The maximum absolute atomic E-state index is 12.8. The van der Waals surface area contributed by atoms with E-state index in [1.165, 1.54) is 0 Å². The molecule has 1 N–H and O–H groups in total. The number of carbonyl (C=O) groups excluding carboxylic acids is 1. The Morgan fingerprint density at radius 1 is 1.03 bits per heavy atom. The molecule has 3 aromatic carbocycles. The molecular formula is C29H27N5O4. The summed E-state index contributed by atoms with van der Waals surface area (Å²) in [6.45, 7) is 5.23. The number of ether oxygens (including phenoxy) is 2. The van der Waals surface area contributed by atoms with Crippen LogP contribution >= 0.6 is 0 Å². The lowest BCUT2D eigenvalue weighted by Gasteiger charge is -2.28. The Labute approximate surface area is 220 Å². The van der Waals surface area contributed by atoms with Crippen molar-refractivity contribution in [2.24, 2.45) is 4.99 Å². The van der Waals surface area contributed by atoms with E-state index in [0.717, 1.165) is 66.0 Å². The number of fused-ring (bicyclic) bond motifs is 1. The first-order chi connectivity index (χ1) is 18.6. The minimum absolute atomic E-state index is 0.148. The van der Waals surface area contributed by atoms with Crippen molar-refractivity contribution in [2.75, 3.05) is 36.5 Å². The lowest BCUT2D eigenvalue weighted by atomic mass is 10.0. The molecule has 0 aliphatic carbocycles. The minimum Gasteiger partial charge on any atom is -0.484 e. The summed E-state index contributed by atoms with van der Waals surface area (Å²) < 4.78 is 16.3. The lowest BCUT2D eigenvalue weighted by molar-refractivity contribution is 0.102. The van der Waals surface area contributed by atoms with Crippen molar-refractivity contribution in [1.29, 1.82) is 0 Å². The van der Waals surface area contributed by atoms with Crippen LogP contribution in [0, 0.1) is 6.92 Å². The highest BCUT2D eigenvalue weighted by molar-refractivity contribution is 6.08. The number of nitrogens with one attached hydrogen (secondary N) is 1. The number of aryl methyl sites for hydroxylation is 1. The molecule has 3 heterocycles. The fourth-order valence-corrected chi connectivity index (χ4v) is 4.57. The summed E-state index contributed by atoms with van der Waals surface area (Å²) in [6, 6.07) is 21.3. The van der Waals surface area contributed by atoms with E-state index in [2.05, 4.69) is 20.4 Å². The zero-order valence-corrected chi connectivity index (χ0v) is 21.0. The Hall–Kier alpha value is -4.50. The summed E-state index contributed by atoms with van der Waals surface area (Å²) in [6.07, 6.45) is 0.688. The van der Waals surface area contributed by atoms with E-state index >= 15 is 0 Å². The van der Waals surface area contributed by atoms with Crippen LogP contribution in [0.5, 0.6) is 5.75 Å². The Morgan fingerprint density at radius 2 is 1.82 bits per heavy atom. The lowest BCUT2D eigenvalue weighted by Crippen LogP contribution is -2.36. The maximum Gasteiger partial charge on any atom is 0.264 e. The molecule has 38 heavy (non-hydrogen) atoms. The predicted octanol–water partition coefficient (Wildman–Crippen LogP) is 4.72. The van der Waals surface area contributed by atoms with Crippen molar-refractivity contribution in [1.82, 2.24) is 10.1 Å². The van der Waals surface area contributed by atoms with Crippen LogP contribution in [-0.4, -0.2) is 48.1 Å². The number of morpholine rings is 1. The van der Waals surface area contributed by atoms with E-state index in [1.54, 1.807) is 6.92 Å². The molecule has 0 unspecified atom stereocenters. The first-order valence-corrected chi connectivity index (χ1v) is 12.6. The van der Waals surface area contributed by atoms with Gasteiger partial charge in [0.25, 0.3) is 11.8 Å². The summed E-state index contributed by atoms with van der Waals surface area (Å²) in [5.74, 6) is 1.60. The number of hydrogen-bond donors (Lipinski definition) is 1. The Balaban J connectivity index is 1.06. The number of nitrogens with zero attached hydrogens (tertiary/aromatic N) is 4. The Kier molecular flexibility index (Phi) is 6.58. The monoisotopic (exact) mass is 509 g/mol. The number of rotatable bonds is 7. The predicted molar refractivity (Wildman–Crippen MR) is 144 cm³/mol. The molecule has 0 bridgehead atoms. The number of amides is 1. The first kappa shape index (κ1) is 23.9. The second kappa shape index (κ2) is 10.5. The number of aliphatic imine (C=N–C) groups is 1. The highest BCUT2D eigenvalue weighted by Gasteiger charge is 2.18. The summed E-state index contributed by atoms with van der Waals surface area (Å²) in [5.41, 5.74) is 6.43. The van der Waals surface area contributed by atoms with Crippen molar-refractivity contribution in [3.8, 4) is 5.75 Å². The number of benzene rings is 3. The average Bonchev–Trinajstić information content (AvgIpc) is 3.58. The van der Waals surface area contributed by atoms with Crippen LogP contribution in [0.4, 0.5) is 17.1 Å². The number of anilines is 2. The molecule has 9 heteroatoms. The number of aromatic nitrogens is 2. The Bertz CT molecular complexity index is 1470. The van der Waals surface area contributed by atoms with Crippen molar-refractivity contribution in [3.05, 3.63) is 95.1 Å². The molecule has 2 aliphatic heterocycles. The molecule has 0 saturated carbocycles. The topological polar surface area (TPSA) is 102 Å². The summed E-state index contributed by atoms with van der Waals surface area (Å²) >= 11 is 0. The van der Waals surface area contributed by atoms with Crippen LogP contribution in [0.25, 0.3) is 0 Å². The average molecular weight is 510 g/mol. The third kappa shape index (κ3) is 5.28. The van der Waals surface area contributed by atoms with Crippen molar-refractivity contribution in [2.45, 2.75) is 20.0 Å². The molecule has 1 fully saturated rings. The van der Waals surface area contributed by atoms with Crippen LogP contribution in [0.15, 0.2) is 76.2 Å². The summed E-state index contributed by atoms with van der Waals surface area (Å²) in [7, 11) is 0. The number of carbonyl (C=O) groups is 1. The van der Waals surface area contributed by atoms with Gasteiger partial charge in [-0.1, -0.05) is 17.3 Å². The van der Waals surface area contributed by atoms with Gasteiger partial charge in [0.15, 0.2) is 12.4 Å². The van der Waals surface area contributed by atoms with Gasteiger partial charge in [-0.25, -0.2) is 0 Å². The third-order valence-electron chi connectivity index (χ3n) is 6.58. The fourth-order valence-electron chi connectivity index (χ4n) is 4.57. The van der Waals surface area contributed by atoms with Crippen LogP contribution in [0.1, 0.15) is 33.2 Å². The van der Waals surface area contributed by atoms with E-state index in [-0.39, 0.29) is 12.5 Å². The van der Waals surface area contributed by atoms with Gasteiger partial charge >= 0.3 is 0 Å². The smallest absolute Gasteiger partial charge is 0.264 e. The van der Waals surface area contributed by atoms with Crippen LogP contribution < -0.4 is 15.0 Å². The first-order valence-electron chi connectivity index (χ1n) is 12.6. The molecule has 0 radical (unpaired) electrons. The van der Waals surface area contributed by atoms with E-state index in [1.807, 2.05) is 66.7 Å². The van der Waals surface area contributed by atoms with Crippen molar-refractivity contribution < 1.29 is 18.8 Å². The van der Waals surface area contributed by atoms with Gasteiger partial charge in [-0.2, -0.15) is 4.98 Å². The molecule has 1 aromatic heterocycles. The molecule has 192 valence electrons. The molecule has 0 atom stereocenters. The van der Waals surface area contributed by atoms with Crippen LogP contribution in [-0.2, 0) is 17.8 Å². The fraction of sp³-hybridized carbons (Fsp3) is 0.241. The van der Waals surface area contributed by atoms with Crippen LogP contribution in [0.3, 0.4) is 0 Å². The van der Waals surface area contributed by atoms with E-state index in [0.29, 0.717) is 23.7 Å². The molecule has 9 nitrogen and oxygen atoms in total. The zero-order valence-electron chi connectivity index (χ0n) is 21.0. The standard InChI is InChI=1S/C29H27N5O4/c1-19-30-28(38-33-19)18-37-25-10-11-26-22(16-25)17-27(32-26)20-2-4-21(5-3-20)29(35)31-23-6-8-24(9-7-23)34-12-14-36-15-13-34/h2-11,16H,12-15,17-18H2,1H3,(H,31,35). The highest BCUT2D eigenvalue weighted by atomic mass is 16.5. The van der Waals surface area contributed by atoms with Gasteiger partial charge < -0.3 is 24.2 Å². The van der Waals surface area contributed by atoms with Crippen LogP contribution in [0.2, 0.25) is 0 Å². The highest BCUT2D eigenvalue weighted by Crippen LogP contribution is 2.32. The molecule has 4 aromatic rings. The van der Waals surface area contributed by atoms with Gasteiger partial charge in [0.2, 0.25) is 0 Å². The maximum atomic E-state index is 12.8.